The molecule has 2 aromatic rings. The average molecular weight is 293 g/mol. The van der Waals surface area contributed by atoms with Crippen LogP contribution in [-0.4, -0.2) is 24.7 Å². The Kier molecular flexibility index (Phi) is 3.97. The standard InChI is InChI=1S/C18H15NO3/c1-21-17-10-6-5-9-15(17)11-12-19-16(13-22-18(19)20)14-7-3-2-4-8-14/h2-10,16H,13H2,1H3/t16-/m0/s1. The van der Waals surface area contributed by atoms with E-state index in [9.17, 15) is 4.79 Å². The van der Waals surface area contributed by atoms with Gasteiger partial charge in [-0.1, -0.05) is 42.5 Å². The highest BCUT2D eigenvalue weighted by atomic mass is 16.6. The quantitative estimate of drug-likeness (QED) is 0.798. The Morgan fingerprint density at radius 3 is 2.64 bits per heavy atom. The lowest BCUT2D eigenvalue weighted by molar-refractivity contribution is 0.167. The fourth-order valence-corrected chi connectivity index (χ4v) is 2.33. The highest BCUT2D eigenvalue weighted by Crippen LogP contribution is 2.26. The van der Waals surface area contributed by atoms with Crippen LogP contribution in [0, 0.1) is 12.0 Å². The Hall–Kier alpha value is -2.93. The van der Waals surface area contributed by atoms with Crippen LogP contribution in [-0.2, 0) is 4.74 Å². The summed E-state index contributed by atoms with van der Waals surface area (Å²) in [6.07, 6.45) is -0.420. The first-order chi connectivity index (χ1) is 10.8. The third-order valence-electron chi connectivity index (χ3n) is 3.48. The molecule has 0 N–H and O–H groups in total. The minimum Gasteiger partial charge on any atom is -0.495 e. The molecule has 1 saturated heterocycles. The van der Waals surface area contributed by atoms with Crippen molar-refractivity contribution >= 4 is 6.09 Å². The fourth-order valence-electron chi connectivity index (χ4n) is 2.33. The minimum atomic E-state index is -0.420. The highest BCUT2D eigenvalue weighted by molar-refractivity contribution is 5.73. The molecule has 1 fully saturated rings. The van der Waals surface area contributed by atoms with Crippen molar-refractivity contribution in [2.24, 2.45) is 0 Å². The van der Waals surface area contributed by atoms with Crippen molar-refractivity contribution in [1.29, 1.82) is 0 Å². The van der Waals surface area contributed by atoms with Crippen molar-refractivity contribution in [3.63, 3.8) is 0 Å². The summed E-state index contributed by atoms with van der Waals surface area (Å²) >= 11 is 0. The molecule has 1 amide bonds. The monoisotopic (exact) mass is 293 g/mol. The Morgan fingerprint density at radius 1 is 1.14 bits per heavy atom. The van der Waals surface area contributed by atoms with E-state index in [1.165, 1.54) is 4.90 Å². The summed E-state index contributed by atoms with van der Waals surface area (Å²) in [7, 11) is 1.59. The summed E-state index contributed by atoms with van der Waals surface area (Å²) in [4.78, 5) is 13.3. The summed E-state index contributed by atoms with van der Waals surface area (Å²) in [6.45, 7) is 0.309. The van der Waals surface area contributed by atoms with Gasteiger partial charge in [0.1, 0.15) is 18.4 Å². The molecular weight excluding hydrogens is 278 g/mol. The molecule has 1 atom stereocenters. The van der Waals surface area contributed by atoms with Crippen LogP contribution in [0.5, 0.6) is 5.75 Å². The van der Waals surface area contributed by atoms with Crippen LogP contribution in [0.15, 0.2) is 54.6 Å². The van der Waals surface area contributed by atoms with Crippen LogP contribution in [0.2, 0.25) is 0 Å². The minimum absolute atomic E-state index is 0.184. The number of amides is 1. The second-order valence-corrected chi connectivity index (χ2v) is 4.81. The second-order valence-electron chi connectivity index (χ2n) is 4.81. The van der Waals surface area contributed by atoms with Crippen LogP contribution in [0.4, 0.5) is 4.79 Å². The number of rotatable bonds is 2. The SMILES string of the molecule is COc1ccccc1C#CN1C(=O)OC[C@H]1c1ccccc1. The lowest BCUT2D eigenvalue weighted by atomic mass is 10.1. The first-order valence-electron chi connectivity index (χ1n) is 6.95. The van der Waals surface area contributed by atoms with Crippen molar-refractivity contribution in [1.82, 2.24) is 4.90 Å². The van der Waals surface area contributed by atoms with Gasteiger partial charge in [-0.3, -0.25) is 0 Å². The number of hydrogen-bond acceptors (Lipinski definition) is 3. The van der Waals surface area contributed by atoms with E-state index in [4.69, 9.17) is 9.47 Å². The zero-order valence-corrected chi connectivity index (χ0v) is 12.2. The Labute approximate surface area is 129 Å². The number of nitrogens with zero attached hydrogens (tertiary/aromatic N) is 1. The number of hydrogen-bond donors (Lipinski definition) is 0. The number of methoxy groups -OCH3 is 1. The van der Waals surface area contributed by atoms with Gasteiger partial charge in [0, 0.05) is 6.04 Å². The summed E-state index contributed by atoms with van der Waals surface area (Å²) in [5.74, 6) is 3.67. The van der Waals surface area contributed by atoms with E-state index in [0.29, 0.717) is 12.4 Å². The van der Waals surface area contributed by atoms with Gasteiger partial charge in [0.25, 0.3) is 0 Å². The van der Waals surface area contributed by atoms with Gasteiger partial charge in [-0.15, -0.1) is 0 Å². The van der Waals surface area contributed by atoms with E-state index in [-0.39, 0.29) is 6.04 Å². The van der Waals surface area contributed by atoms with Gasteiger partial charge >= 0.3 is 6.09 Å². The molecule has 4 nitrogen and oxygen atoms in total. The molecule has 0 radical (unpaired) electrons. The van der Waals surface area contributed by atoms with E-state index in [1.54, 1.807) is 7.11 Å². The summed E-state index contributed by atoms with van der Waals surface area (Å²) in [6, 6.07) is 19.9. The molecule has 0 aromatic heterocycles. The molecule has 1 aliphatic rings. The molecule has 0 unspecified atom stereocenters. The van der Waals surface area contributed by atoms with Crippen LogP contribution >= 0.6 is 0 Å². The largest absolute Gasteiger partial charge is 0.495 e. The second kappa shape index (κ2) is 6.23. The van der Waals surface area contributed by atoms with Crippen LogP contribution in [0.3, 0.4) is 0 Å². The van der Waals surface area contributed by atoms with Crippen molar-refractivity contribution in [3.05, 3.63) is 65.7 Å². The zero-order chi connectivity index (χ0) is 15.4. The third-order valence-corrected chi connectivity index (χ3v) is 3.48. The molecule has 0 aliphatic carbocycles. The van der Waals surface area contributed by atoms with Gasteiger partial charge in [0.05, 0.1) is 12.7 Å². The molecule has 4 heteroatoms. The average Bonchev–Trinajstić information content (AvgIpc) is 2.95. The maximum Gasteiger partial charge on any atom is 0.422 e. The molecular formula is C18H15NO3. The van der Waals surface area contributed by atoms with Crippen LogP contribution in [0.1, 0.15) is 17.2 Å². The molecule has 0 bridgehead atoms. The molecule has 0 spiro atoms. The number of ether oxygens (including phenoxy) is 2. The Balaban J connectivity index is 1.90. The lowest BCUT2D eigenvalue weighted by Gasteiger charge is -2.14. The molecule has 1 heterocycles. The number of benzene rings is 2. The van der Waals surface area contributed by atoms with E-state index in [2.05, 4.69) is 12.0 Å². The van der Waals surface area contributed by atoms with E-state index >= 15 is 0 Å². The van der Waals surface area contributed by atoms with Gasteiger partial charge < -0.3 is 9.47 Å². The summed E-state index contributed by atoms with van der Waals surface area (Å²) < 4.78 is 10.4. The normalized spacial score (nSPS) is 16.7. The predicted molar refractivity (Wildman–Crippen MR) is 82.2 cm³/mol. The number of carbonyl (C=O) groups excluding carboxylic acids is 1. The van der Waals surface area contributed by atoms with Crippen molar-refractivity contribution in [2.75, 3.05) is 13.7 Å². The summed E-state index contributed by atoms with van der Waals surface area (Å²) in [5.41, 5.74) is 1.74. The van der Waals surface area contributed by atoms with Gasteiger partial charge in [-0.25, -0.2) is 9.69 Å². The fraction of sp³-hybridized carbons (Fsp3) is 0.167. The third kappa shape index (κ3) is 2.75. The zero-order valence-electron chi connectivity index (χ0n) is 12.2. The van der Waals surface area contributed by atoms with Crippen molar-refractivity contribution < 1.29 is 14.3 Å². The van der Waals surface area contributed by atoms with E-state index in [0.717, 1.165) is 11.1 Å². The van der Waals surface area contributed by atoms with Crippen molar-refractivity contribution in [2.45, 2.75) is 6.04 Å². The van der Waals surface area contributed by atoms with E-state index in [1.807, 2.05) is 54.6 Å². The summed E-state index contributed by atoms with van der Waals surface area (Å²) in [5, 5.41) is 0. The molecule has 0 saturated carbocycles. The molecule has 1 aliphatic heterocycles. The topological polar surface area (TPSA) is 38.8 Å². The van der Waals surface area contributed by atoms with Gasteiger partial charge in [-0.2, -0.15) is 0 Å². The maximum atomic E-state index is 11.9. The molecule has 22 heavy (non-hydrogen) atoms. The van der Waals surface area contributed by atoms with Gasteiger partial charge in [-0.05, 0) is 23.6 Å². The number of carbonyl (C=O) groups is 1. The molecule has 3 rings (SSSR count). The maximum absolute atomic E-state index is 11.9. The predicted octanol–water partition coefficient (Wildman–Crippen LogP) is 3.20. The molecule has 2 aromatic carbocycles. The Morgan fingerprint density at radius 2 is 1.86 bits per heavy atom. The van der Waals surface area contributed by atoms with Crippen molar-refractivity contribution in [3.8, 4) is 17.7 Å². The van der Waals surface area contributed by atoms with Crippen LogP contribution in [0.25, 0.3) is 0 Å². The van der Waals surface area contributed by atoms with Gasteiger partial charge in [0.15, 0.2) is 0 Å². The first kappa shape index (κ1) is 14.0. The van der Waals surface area contributed by atoms with Gasteiger partial charge in [0.2, 0.25) is 0 Å². The first-order valence-corrected chi connectivity index (χ1v) is 6.95. The lowest BCUT2D eigenvalue weighted by Crippen LogP contribution is -2.22. The molecule has 110 valence electrons. The number of cyclic esters (lactones) is 1. The highest BCUT2D eigenvalue weighted by Gasteiger charge is 2.33. The smallest absolute Gasteiger partial charge is 0.422 e. The van der Waals surface area contributed by atoms with E-state index < -0.39 is 6.09 Å². The number of para-hydroxylation sites is 1. The van der Waals surface area contributed by atoms with Crippen LogP contribution < -0.4 is 4.74 Å². The Bertz CT molecular complexity index is 731.